The number of ether oxygens (including phenoxy) is 1. The lowest BCUT2D eigenvalue weighted by Gasteiger charge is -2.21. The molecular formula is C16H15NO3S2. The van der Waals surface area contributed by atoms with E-state index in [0.717, 1.165) is 24.0 Å². The van der Waals surface area contributed by atoms with E-state index < -0.39 is 0 Å². The lowest BCUT2D eigenvalue weighted by atomic mass is 10.2. The normalized spacial score (nSPS) is 18.8. The van der Waals surface area contributed by atoms with Crippen LogP contribution < -0.4 is 5.48 Å². The summed E-state index contributed by atoms with van der Waals surface area (Å²) in [6.45, 7) is 0.696. The summed E-state index contributed by atoms with van der Waals surface area (Å²) in [6.07, 6.45) is 2.63. The number of thiophene rings is 2. The largest absolute Gasteiger partial charge is 0.350 e. The van der Waals surface area contributed by atoms with Gasteiger partial charge in [-0.3, -0.25) is 4.79 Å². The number of hydroxylamine groups is 1. The van der Waals surface area contributed by atoms with Crippen molar-refractivity contribution < 1.29 is 14.4 Å². The Kier molecular flexibility index (Phi) is 3.83. The lowest BCUT2D eigenvalue weighted by Crippen LogP contribution is -2.32. The second kappa shape index (κ2) is 5.96. The highest BCUT2D eigenvalue weighted by molar-refractivity contribution is 7.33. The van der Waals surface area contributed by atoms with Crippen LogP contribution in [0.5, 0.6) is 0 Å². The molecule has 1 amide bonds. The van der Waals surface area contributed by atoms with Crippen LogP contribution in [0.25, 0.3) is 19.5 Å². The van der Waals surface area contributed by atoms with Gasteiger partial charge in [-0.2, -0.15) is 0 Å². The molecule has 1 aromatic carbocycles. The Hall–Kier alpha value is -1.47. The monoisotopic (exact) mass is 333 g/mol. The van der Waals surface area contributed by atoms with Crippen molar-refractivity contribution in [2.24, 2.45) is 0 Å². The highest BCUT2D eigenvalue weighted by atomic mass is 32.1. The Labute approximate surface area is 135 Å². The van der Waals surface area contributed by atoms with Gasteiger partial charge in [-0.15, -0.1) is 22.7 Å². The van der Waals surface area contributed by atoms with Crippen LogP contribution in [0.15, 0.2) is 30.3 Å². The number of hydrogen-bond acceptors (Lipinski definition) is 5. The Bertz CT molecular complexity index is 817. The second-order valence-corrected chi connectivity index (χ2v) is 7.38. The average molecular weight is 333 g/mol. The number of nitrogens with one attached hydrogen (secondary N) is 1. The van der Waals surface area contributed by atoms with Crippen molar-refractivity contribution in [2.45, 2.75) is 25.6 Å². The summed E-state index contributed by atoms with van der Waals surface area (Å²) in [5.41, 5.74) is 2.52. The van der Waals surface area contributed by atoms with E-state index in [0.29, 0.717) is 11.5 Å². The van der Waals surface area contributed by atoms with Crippen molar-refractivity contribution in [3.8, 4) is 0 Å². The number of benzene rings is 1. The number of carbonyl (C=O) groups is 1. The van der Waals surface area contributed by atoms with Gasteiger partial charge in [0.1, 0.15) is 0 Å². The van der Waals surface area contributed by atoms with Crippen molar-refractivity contribution >= 4 is 48.1 Å². The SMILES string of the molecule is O=C(NO[C@H]1CCCCO1)c1cc2sc3ccccc3c2s1. The first-order valence-electron chi connectivity index (χ1n) is 7.30. The molecular weight excluding hydrogens is 318 g/mol. The summed E-state index contributed by atoms with van der Waals surface area (Å²) in [5, 5.41) is 1.21. The molecule has 1 atom stereocenters. The number of hydrogen-bond donors (Lipinski definition) is 1. The molecule has 0 unspecified atom stereocenters. The Balaban J connectivity index is 1.51. The lowest BCUT2D eigenvalue weighted by molar-refractivity contribution is -0.186. The molecule has 1 aliphatic rings. The van der Waals surface area contributed by atoms with Crippen molar-refractivity contribution in [3.05, 3.63) is 35.2 Å². The van der Waals surface area contributed by atoms with Crippen LogP contribution in [-0.4, -0.2) is 18.8 Å². The molecule has 0 radical (unpaired) electrons. The molecule has 6 heteroatoms. The van der Waals surface area contributed by atoms with Crippen LogP contribution in [0.3, 0.4) is 0 Å². The number of amides is 1. The van der Waals surface area contributed by atoms with E-state index in [2.05, 4.69) is 17.6 Å². The van der Waals surface area contributed by atoms with Crippen LogP contribution in [-0.2, 0) is 9.57 Å². The third-order valence-electron chi connectivity index (χ3n) is 3.69. The summed E-state index contributed by atoms with van der Waals surface area (Å²) >= 11 is 3.22. The number of carbonyl (C=O) groups excluding carboxylic acids is 1. The van der Waals surface area contributed by atoms with Gasteiger partial charge >= 0.3 is 0 Å². The average Bonchev–Trinajstić information content (AvgIpc) is 3.11. The first kappa shape index (κ1) is 14.1. The fraction of sp³-hybridized carbons (Fsp3) is 0.312. The zero-order valence-electron chi connectivity index (χ0n) is 11.8. The first-order chi connectivity index (χ1) is 10.8. The Morgan fingerprint density at radius 1 is 1.23 bits per heavy atom. The molecule has 3 aromatic rings. The minimum absolute atomic E-state index is 0.202. The quantitative estimate of drug-likeness (QED) is 0.727. The van der Waals surface area contributed by atoms with Gasteiger partial charge in [0.05, 0.1) is 9.58 Å². The molecule has 0 spiro atoms. The fourth-order valence-electron chi connectivity index (χ4n) is 2.59. The zero-order valence-corrected chi connectivity index (χ0v) is 13.5. The van der Waals surface area contributed by atoms with Gasteiger partial charge in [0.15, 0.2) is 6.29 Å². The molecule has 0 aliphatic carbocycles. The smallest absolute Gasteiger partial charge is 0.285 e. The third kappa shape index (κ3) is 2.63. The molecule has 22 heavy (non-hydrogen) atoms. The van der Waals surface area contributed by atoms with E-state index in [-0.39, 0.29) is 12.2 Å². The predicted molar refractivity (Wildman–Crippen MR) is 89.4 cm³/mol. The summed E-state index contributed by atoms with van der Waals surface area (Å²) in [4.78, 5) is 18.2. The van der Waals surface area contributed by atoms with Gasteiger partial charge in [0.25, 0.3) is 5.91 Å². The zero-order chi connectivity index (χ0) is 14.9. The van der Waals surface area contributed by atoms with Crippen molar-refractivity contribution in [1.82, 2.24) is 5.48 Å². The van der Waals surface area contributed by atoms with Crippen molar-refractivity contribution in [3.63, 3.8) is 0 Å². The van der Waals surface area contributed by atoms with Gasteiger partial charge in [0.2, 0.25) is 0 Å². The van der Waals surface area contributed by atoms with E-state index in [4.69, 9.17) is 9.57 Å². The topological polar surface area (TPSA) is 47.6 Å². The van der Waals surface area contributed by atoms with Gasteiger partial charge in [-0.25, -0.2) is 10.3 Å². The van der Waals surface area contributed by atoms with Crippen molar-refractivity contribution in [1.29, 1.82) is 0 Å². The molecule has 2 aromatic heterocycles. The third-order valence-corrected chi connectivity index (χ3v) is 6.11. The maximum atomic E-state index is 12.2. The highest BCUT2D eigenvalue weighted by Gasteiger charge is 2.18. The molecule has 4 nitrogen and oxygen atoms in total. The minimum Gasteiger partial charge on any atom is -0.350 e. The van der Waals surface area contributed by atoms with E-state index in [1.54, 1.807) is 11.3 Å². The van der Waals surface area contributed by atoms with Crippen LogP contribution in [0, 0.1) is 0 Å². The Morgan fingerprint density at radius 2 is 2.14 bits per heavy atom. The van der Waals surface area contributed by atoms with Crippen LogP contribution in [0.2, 0.25) is 0 Å². The van der Waals surface area contributed by atoms with E-state index in [9.17, 15) is 4.79 Å². The first-order valence-corrected chi connectivity index (χ1v) is 8.93. The van der Waals surface area contributed by atoms with Gasteiger partial charge in [-0.1, -0.05) is 18.2 Å². The highest BCUT2D eigenvalue weighted by Crippen LogP contribution is 2.39. The molecule has 3 heterocycles. The van der Waals surface area contributed by atoms with Crippen LogP contribution in [0.1, 0.15) is 28.9 Å². The van der Waals surface area contributed by atoms with Gasteiger partial charge in [-0.05, 0) is 25.0 Å². The molecule has 1 aliphatic heterocycles. The molecule has 1 N–H and O–H groups in total. The van der Waals surface area contributed by atoms with E-state index in [1.807, 2.05) is 18.2 Å². The second-order valence-electron chi connectivity index (χ2n) is 5.25. The standard InChI is InChI=1S/C16H15NO3S2/c18-16(17-20-14-7-3-4-8-19-14)13-9-12-15(22-13)10-5-1-2-6-11(10)21-12/h1-2,5-6,9,14H,3-4,7-8H2,(H,17,18)/t14-/m0/s1. The predicted octanol–water partition coefficient (Wildman–Crippen LogP) is 4.30. The maximum Gasteiger partial charge on any atom is 0.285 e. The van der Waals surface area contributed by atoms with E-state index >= 15 is 0 Å². The molecule has 0 saturated carbocycles. The van der Waals surface area contributed by atoms with Crippen LogP contribution in [0.4, 0.5) is 0 Å². The van der Waals surface area contributed by atoms with E-state index in [1.165, 1.54) is 26.1 Å². The molecule has 1 fully saturated rings. The molecule has 1 saturated heterocycles. The van der Waals surface area contributed by atoms with Crippen LogP contribution >= 0.6 is 22.7 Å². The summed E-state index contributed by atoms with van der Waals surface area (Å²) in [7, 11) is 0. The Morgan fingerprint density at radius 3 is 3.00 bits per heavy atom. The number of rotatable bonds is 3. The van der Waals surface area contributed by atoms with Gasteiger partial charge in [0, 0.05) is 27.8 Å². The van der Waals surface area contributed by atoms with Gasteiger partial charge < -0.3 is 4.74 Å². The maximum absolute atomic E-state index is 12.2. The molecule has 0 bridgehead atoms. The van der Waals surface area contributed by atoms with Crippen molar-refractivity contribution in [2.75, 3.05) is 6.61 Å². The summed E-state index contributed by atoms with van der Waals surface area (Å²) < 4.78 is 9.00. The summed E-state index contributed by atoms with van der Waals surface area (Å²) in [6, 6.07) is 10.2. The minimum atomic E-state index is -0.320. The molecule has 114 valence electrons. The number of fused-ring (bicyclic) bond motifs is 3. The molecule has 4 rings (SSSR count). The summed E-state index contributed by atoms with van der Waals surface area (Å²) in [5.74, 6) is -0.202. The fourth-order valence-corrected chi connectivity index (χ4v) is 5.00.